The van der Waals surface area contributed by atoms with Crippen LogP contribution in [0.15, 0.2) is 29.3 Å². The van der Waals surface area contributed by atoms with Gasteiger partial charge in [-0.25, -0.2) is 15.6 Å². The SMILES string of the molecule is C[C@@H](CC1NNCN1C)C1CCCC(n2cc3c(C(F)(F)F)cccn3c2=O)C1. The molecule has 3 heterocycles. The molecule has 1 saturated heterocycles. The molecule has 9 heteroatoms. The van der Waals surface area contributed by atoms with Crippen LogP contribution in [0.1, 0.15) is 50.6 Å². The number of halogens is 3. The Bertz CT molecular complexity index is 921. The predicted octanol–water partition coefficient (Wildman–Crippen LogP) is 3.20. The molecule has 1 aliphatic heterocycles. The number of pyridine rings is 1. The molecule has 2 aromatic rings. The molecule has 4 rings (SSSR count). The molecule has 4 atom stereocenters. The molecule has 0 aromatic carbocycles. The quantitative estimate of drug-likeness (QED) is 0.811. The zero-order chi connectivity index (χ0) is 20.8. The molecule has 160 valence electrons. The molecule has 2 N–H and O–H groups in total. The minimum atomic E-state index is -4.48. The first-order valence-electron chi connectivity index (χ1n) is 10.2. The van der Waals surface area contributed by atoms with E-state index in [1.54, 1.807) is 0 Å². The summed E-state index contributed by atoms with van der Waals surface area (Å²) in [7, 11) is 2.07. The van der Waals surface area contributed by atoms with Crippen molar-refractivity contribution >= 4 is 5.52 Å². The lowest BCUT2D eigenvalue weighted by atomic mass is 9.77. The van der Waals surface area contributed by atoms with Gasteiger partial charge in [0.25, 0.3) is 0 Å². The summed E-state index contributed by atoms with van der Waals surface area (Å²) in [6.45, 7) is 3.04. The topological polar surface area (TPSA) is 53.7 Å². The fraction of sp³-hybridized carbons (Fsp3) is 0.650. The number of hydrogen-bond donors (Lipinski definition) is 2. The maximum Gasteiger partial charge on any atom is 0.418 e. The Morgan fingerprint density at radius 2 is 2.10 bits per heavy atom. The van der Waals surface area contributed by atoms with E-state index in [2.05, 4.69) is 29.7 Å². The zero-order valence-electron chi connectivity index (χ0n) is 16.7. The number of imidazole rings is 1. The molecule has 0 spiro atoms. The summed E-state index contributed by atoms with van der Waals surface area (Å²) >= 11 is 0. The van der Waals surface area contributed by atoms with Crippen LogP contribution in [0.3, 0.4) is 0 Å². The van der Waals surface area contributed by atoms with E-state index in [9.17, 15) is 18.0 Å². The second kappa shape index (κ2) is 7.77. The minimum absolute atomic E-state index is 0.0583. The van der Waals surface area contributed by atoms with Gasteiger partial charge >= 0.3 is 11.9 Å². The van der Waals surface area contributed by atoms with E-state index >= 15 is 0 Å². The van der Waals surface area contributed by atoms with Gasteiger partial charge in [0, 0.05) is 18.4 Å². The summed E-state index contributed by atoms with van der Waals surface area (Å²) in [5.74, 6) is 0.901. The third-order valence-electron chi connectivity index (χ3n) is 6.64. The average Bonchev–Trinajstić information content (AvgIpc) is 3.24. The van der Waals surface area contributed by atoms with Gasteiger partial charge in [0.1, 0.15) is 0 Å². The first-order valence-corrected chi connectivity index (χ1v) is 10.2. The van der Waals surface area contributed by atoms with Crippen molar-refractivity contribution in [2.24, 2.45) is 11.8 Å². The Labute approximate surface area is 167 Å². The fourth-order valence-electron chi connectivity index (χ4n) is 4.89. The summed E-state index contributed by atoms with van der Waals surface area (Å²) in [5, 5.41) is 0. The molecule has 0 amide bonds. The van der Waals surface area contributed by atoms with Gasteiger partial charge < -0.3 is 0 Å². The van der Waals surface area contributed by atoms with Crippen molar-refractivity contribution in [2.75, 3.05) is 13.7 Å². The smallest absolute Gasteiger partial charge is 0.295 e. The molecule has 1 aliphatic carbocycles. The summed E-state index contributed by atoms with van der Waals surface area (Å²) in [5.41, 5.74) is 5.20. The first kappa shape index (κ1) is 20.4. The summed E-state index contributed by atoms with van der Waals surface area (Å²) < 4.78 is 42.7. The maximum atomic E-state index is 13.4. The van der Waals surface area contributed by atoms with Gasteiger partial charge in [0.15, 0.2) is 0 Å². The maximum absolute atomic E-state index is 13.4. The van der Waals surface area contributed by atoms with E-state index in [4.69, 9.17) is 0 Å². The van der Waals surface area contributed by atoms with Crippen molar-refractivity contribution in [1.29, 1.82) is 0 Å². The number of hydrogen-bond acceptors (Lipinski definition) is 4. The van der Waals surface area contributed by atoms with Crippen LogP contribution in [0, 0.1) is 11.8 Å². The minimum Gasteiger partial charge on any atom is -0.295 e. The van der Waals surface area contributed by atoms with Gasteiger partial charge in [-0.2, -0.15) is 13.2 Å². The van der Waals surface area contributed by atoms with Crippen LogP contribution in [0.2, 0.25) is 0 Å². The van der Waals surface area contributed by atoms with E-state index in [0.717, 1.165) is 49.2 Å². The van der Waals surface area contributed by atoms with Crippen molar-refractivity contribution in [3.05, 3.63) is 40.6 Å². The molecular weight excluding hydrogens is 383 g/mol. The van der Waals surface area contributed by atoms with Gasteiger partial charge in [-0.05, 0) is 50.3 Å². The standard InChI is InChI=1S/C20H28F3N5O/c1-13(9-18-25-24-12-26(18)2)14-5-3-6-15(10-14)28-11-17-16(20(21,22)23)7-4-8-27(17)19(28)29/h4,7-8,11,13-15,18,24-25H,3,5-6,9-10,12H2,1-2H3/t13-,14?,15?,18?/m0/s1. The Morgan fingerprint density at radius 1 is 1.31 bits per heavy atom. The monoisotopic (exact) mass is 411 g/mol. The largest absolute Gasteiger partial charge is 0.418 e. The third kappa shape index (κ3) is 3.95. The number of nitrogens with zero attached hydrogens (tertiary/aromatic N) is 3. The van der Waals surface area contributed by atoms with Crippen molar-refractivity contribution in [2.45, 2.75) is 57.4 Å². The number of hydrazine groups is 1. The van der Waals surface area contributed by atoms with E-state index in [-0.39, 0.29) is 23.4 Å². The zero-order valence-corrected chi connectivity index (χ0v) is 16.7. The number of fused-ring (bicyclic) bond motifs is 1. The summed E-state index contributed by atoms with van der Waals surface area (Å²) in [6.07, 6.45) is 3.33. The highest BCUT2D eigenvalue weighted by atomic mass is 19.4. The van der Waals surface area contributed by atoms with Gasteiger partial charge in [-0.3, -0.25) is 13.9 Å². The second-order valence-corrected chi connectivity index (χ2v) is 8.54. The fourth-order valence-corrected chi connectivity index (χ4v) is 4.89. The highest BCUT2D eigenvalue weighted by Crippen LogP contribution is 2.38. The molecule has 3 unspecified atom stereocenters. The van der Waals surface area contributed by atoms with Crippen molar-refractivity contribution in [3.8, 4) is 0 Å². The van der Waals surface area contributed by atoms with Crippen molar-refractivity contribution < 1.29 is 13.2 Å². The molecule has 2 fully saturated rings. The van der Waals surface area contributed by atoms with Crippen LogP contribution in [-0.4, -0.2) is 33.7 Å². The van der Waals surface area contributed by atoms with E-state index < -0.39 is 11.7 Å². The number of alkyl halides is 3. The lowest BCUT2D eigenvalue weighted by Crippen LogP contribution is -2.38. The Hall–Kier alpha value is -1.84. The predicted molar refractivity (Wildman–Crippen MR) is 104 cm³/mol. The van der Waals surface area contributed by atoms with E-state index in [0.29, 0.717) is 11.8 Å². The molecular formula is C20H28F3N5O. The molecule has 2 aromatic heterocycles. The first-order chi connectivity index (χ1) is 13.8. The molecule has 6 nitrogen and oxygen atoms in total. The Balaban J connectivity index is 1.56. The highest BCUT2D eigenvalue weighted by Gasteiger charge is 2.35. The van der Waals surface area contributed by atoms with Crippen LogP contribution in [0.5, 0.6) is 0 Å². The van der Waals surface area contributed by atoms with Gasteiger partial charge in [-0.15, -0.1) is 0 Å². The van der Waals surface area contributed by atoms with E-state index in [1.807, 2.05) is 0 Å². The molecule has 1 saturated carbocycles. The summed E-state index contributed by atoms with van der Waals surface area (Å²) in [6, 6.07) is 2.26. The Kier molecular flexibility index (Phi) is 5.48. The lowest BCUT2D eigenvalue weighted by molar-refractivity contribution is -0.136. The molecule has 2 aliphatic rings. The second-order valence-electron chi connectivity index (χ2n) is 8.54. The molecule has 29 heavy (non-hydrogen) atoms. The van der Waals surface area contributed by atoms with Crippen LogP contribution in [-0.2, 0) is 6.18 Å². The molecule has 0 bridgehead atoms. The van der Waals surface area contributed by atoms with Gasteiger partial charge in [-0.1, -0.05) is 19.8 Å². The summed E-state index contributed by atoms with van der Waals surface area (Å²) in [4.78, 5) is 15.1. The third-order valence-corrected chi connectivity index (χ3v) is 6.64. The number of aromatic nitrogens is 2. The molecule has 0 radical (unpaired) electrons. The number of rotatable bonds is 4. The van der Waals surface area contributed by atoms with E-state index in [1.165, 1.54) is 23.0 Å². The van der Waals surface area contributed by atoms with Gasteiger partial charge in [0.05, 0.1) is 23.9 Å². The van der Waals surface area contributed by atoms with Crippen LogP contribution < -0.4 is 16.5 Å². The van der Waals surface area contributed by atoms with Crippen LogP contribution in [0.25, 0.3) is 5.52 Å². The van der Waals surface area contributed by atoms with Crippen molar-refractivity contribution in [1.82, 2.24) is 24.7 Å². The average molecular weight is 411 g/mol. The normalized spacial score (nSPS) is 27.6. The van der Waals surface area contributed by atoms with Crippen LogP contribution >= 0.6 is 0 Å². The lowest BCUT2D eigenvalue weighted by Gasteiger charge is -2.35. The van der Waals surface area contributed by atoms with Crippen molar-refractivity contribution in [3.63, 3.8) is 0 Å². The highest BCUT2D eigenvalue weighted by molar-refractivity contribution is 5.54. The number of nitrogens with one attached hydrogen (secondary N) is 2. The van der Waals surface area contributed by atoms with Crippen LogP contribution in [0.4, 0.5) is 13.2 Å². The Morgan fingerprint density at radius 3 is 2.79 bits per heavy atom. The van der Waals surface area contributed by atoms with Gasteiger partial charge in [0.2, 0.25) is 0 Å².